The van der Waals surface area contributed by atoms with Gasteiger partial charge in [0, 0.05) is 12.1 Å². The smallest absolute Gasteiger partial charge is 0.427 e. The molecule has 2 N–H and O–H groups in total. The molecule has 1 atom stereocenters. The molecule has 0 saturated carbocycles. The topological polar surface area (TPSA) is 33.3 Å². The average Bonchev–Trinajstić information content (AvgIpc) is 2.66. The molecule has 0 fully saturated rings. The van der Waals surface area contributed by atoms with Gasteiger partial charge in [-0.3, -0.25) is 5.32 Å². The Balaban J connectivity index is 2.11. The number of ether oxygens (including phenoxy) is 1. The molecule has 0 aliphatic carbocycles. The SMILES string of the molecule is Fc1cccc(F)c1CNCNc1cc(Cl)c(OC(F)(F)C(F)C(F)(F)F)c(Cl)c1F. The maximum atomic E-state index is 14.3. The zero-order valence-electron chi connectivity index (χ0n) is 14.9. The van der Waals surface area contributed by atoms with Crippen LogP contribution in [0.1, 0.15) is 5.56 Å². The molecule has 3 nitrogen and oxygen atoms in total. The van der Waals surface area contributed by atoms with Gasteiger partial charge in [0.15, 0.2) is 11.6 Å². The van der Waals surface area contributed by atoms with Crippen LogP contribution in [0.3, 0.4) is 0 Å². The lowest BCUT2D eigenvalue weighted by atomic mass is 10.2. The van der Waals surface area contributed by atoms with Gasteiger partial charge in [0.25, 0.3) is 6.17 Å². The first-order valence-corrected chi connectivity index (χ1v) is 8.84. The lowest BCUT2D eigenvalue weighted by molar-refractivity contribution is -0.304. The van der Waals surface area contributed by atoms with Crippen LogP contribution < -0.4 is 15.4 Å². The minimum absolute atomic E-state index is 0.308. The fraction of sp³-hybridized carbons (Fsp3) is 0.294. The first kappa shape index (κ1) is 25.2. The summed E-state index contributed by atoms with van der Waals surface area (Å²) in [5.74, 6) is -4.54. The second-order valence-corrected chi connectivity index (χ2v) is 6.70. The molecular weight excluding hydrogens is 490 g/mol. The van der Waals surface area contributed by atoms with Crippen molar-refractivity contribution in [1.29, 1.82) is 0 Å². The number of hydrogen-bond donors (Lipinski definition) is 2. The molecular formula is C17H11Cl2F9N2O. The number of nitrogens with one attached hydrogen (secondary N) is 2. The van der Waals surface area contributed by atoms with Gasteiger partial charge < -0.3 is 10.1 Å². The Morgan fingerprint density at radius 2 is 1.58 bits per heavy atom. The summed E-state index contributed by atoms with van der Waals surface area (Å²) in [6.07, 6.45) is -16.1. The van der Waals surface area contributed by atoms with Gasteiger partial charge in [-0.05, 0) is 18.2 Å². The molecule has 0 aliphatic heterocycles. The zero-order chi connectivity index (χ0) is 23.6. The van der Waals surface area contributed by atoms with E-state index >= 15 is 0 Å². The summed E-state index contributed by atoms with van der Waals surface area (Å²) < 4.78 is 121. The molecule has 0 radical (unpaired) electrons. The predicted octanol–water partition coefficient (Wildman–Crippen LogP) is 6.44. The highest BCUT2D eigenvalue weighted by molar-refractivity contribution is 6.37. The Morgan fingerprint density at radius 1 is 1.00 bits per heavy atom. The first-order valence-electron chi connectivity index (χ1n) is 8.08. The number of benzene rings is 2. The fourth-order valence-electron chi connectivity index (χ4n) is 2.23. The van der Waals surface area contributed by atoms with Crippen molar-refractivity contribution in [2.75, 3.05) is 12.0 Å². The van der Waals surface area contributed by atoms with E-state index < -0.39 is 57.4 Å². The Bertz CT molecular complexity index is 921. The summed E-state index contributed by atoms with van der Waals surface area (Å²) in [5.41, 5.74) is -0.822. The third kappa shape index (κ3) is 6.01. The molecule has 14 heteroatoms. The van der Waals surface area contributed by atoms with Crippen LogP contribution >= 0.6 is 23.2 Å². The van der Waals surface area contributed by atoms with E-state index in [-0.39, 0.29) is 18.8 Å². The van der Waals surface area contributed by atoms with Crippen LogP contribution in [-0.2, 0) is 6.54 Å². The maximum Gasteiger partial charge on any atom is 0.439 e. The van der Waals surface area contributed by atoms with Gasteiger partial charge in [-0.2, -0.15) is 22.0 Å². The number of hydrogen-bond acceptors (Lipinski definition) is 3. The van der Waals surface area contributed by atoms with Crippen molar-refractivity contribution in [3.8, 4) is 5.75 Å². The Hall–Kier alpha value is -2.05. The quantitative estimate of drug-likeness (QED) is 0.189. The van der Waals surface area contributed by atoms with Gasteiger partial charge in [-0.15, -0.1) is 0 Å². The fourth-order valence-corrected chi connectivity index (χ4v) is 2.76. The van der Waals surface area contributed by atoms with Gasteiger partial charge in [0.05, 0.1) is 17.4 Å². The van der Waals surface area contributed by atoms with Gasteiger partial charge >= 0.3 is 12.3 Å². The van der Waals surface area contributed by atoms with Crippen LogP contribution in [0, 0.1) is 17.5 Å². The molecule has 31 heavy (non-hydrogen) atoms. The Labute approximate surface area is 179 Å². The Morgan fingerprint density at radius 3 is 2.13 bits per heavy atom. The molecule has 0 bridgehead atoms. The van der Waals surface area contributed by atoms with E-state index in [0.29, 0.717) is 6.07 Å². The lowest BCUT2D eigenvalue weighted by Gasteiger charge is -2.24. The highest BCUT2D eigenvalue weighted by atomic mass is 35.5. The molecule has 0 aliphatic rings. The van der Waals surface area contributed by atoms with Crippen LogP contribution in [-0.4, -0.2) is 25.1 Å². The molecule has 2 aromatic carbocycles. The van der Waals surface area contributed by atoms with Crippen molar-refractivity contribution in [1.82, 2.24) is 5.32 Å². The molecule has 0 aromatic heterocycles. The van der Waals surface area contributed by atoms with E-state index in [2.05, 4.69) is 15.4 Å². The molecule has 0 saturated heterocycles. The van der Waals surface area contributed by atoms with Crippen LogP contribution in [0.25, 0.3) is 0 Å². The summed E-state index contributed by atoms with van der Waals surface area (Å²) in [7, 11) is 0. The average molecular weight is 501 g/mol. The molecule has 1 unspecified atom stereocenters. The number of halogens is 11. The predicted molar refractivity (Wildman–Crippen MR) is 94.6 cm³/mol. The molecule has 0 heterocycles. The number of rotatable bonds is 8. The van der Waals surface area contributed by atoms with Gasteiger partial charge in [0.1, 0.15) is 16.7 Å². The third-order valence-corrected chi connectivity index (χ3v) is 4.32. The lowest BCUT2D eigenvalue weighted by Crippen LogP contribution is -2.45. The Kier molecular flexibility index (Phi) is 7.82. The van der Waals surface area contributed by atoms with Crippen LogP contribution in [0.4, 0.5) is 45.2 Å². The monoisotopic (exact) mass is 500 g/mol. The number of alkyl halides is 6. The van der Waals surface area contributed by atoms with Crippen molar-refractivity contribution < 1.29 is 44.3 Å². The second-order valence-electron chi connectivity index (χ2n) is 5.91. The summed E-state index contributed by atoms with van der Waals surface area (Å²) in [5, 5.41) is 2.75. The molecule has 2 aromatic rings. The highest BCUT2D eigenvalue weighted by Crippen LogP contribution is 2.44. The second kappa shape index (κ2) is 9.61. The maximum absolute atomic E-state index is 14.3. The summed E-state index contributed by atoms with van der Waals surface area (Å²) in [6, 6.07) is 3.82. The van der Waals surface area contributed by atoms with Crippen molar-refractivity contribution >= 4 is 28.9 Å². The highest BCUT2D eigenvalue weighted by Gasteiger charge is 2.59. The van der Waals surface area contributed by atoms with Crippen molar-refractivity contribution in [3.63, 3.8) is 0 Å². The summed E-state index contributed by atoms with van der Waals surface area (Å²) in [6.45, 7) is -0.647. The third-order valence-electron chi connectivity index (χ3n) is 3.70. The molecule has 172 valence electrons. The molecule has 0 amide bonds. The van der Waals surface area contributed by atoms with Crippen LogP contribution in [0.2, 0.25) is 10.0 Å². The van der Waals surface area contributed by atoms with E-state index in [1.165, 1.54) is 0 Å². The van der Waals surface area contributed by atoms with Crippen molar-refractivity contribution in [2.45, 2.75) is 25.0 Å². The van der Waals surface area contributed by atoms with Crippen molar-refractivity contribution in [2.24, 2.45) is 0 Å². The normalized spacial score (nSPS) is 13.3. The minimum atomic E-state index is -5.97. The zero-order valence-corrected chi connectivity index (χ0v) is 16.4. The van der Waals surface area contributed by atoms with E-state index in [1.54, 1.807) is 0 Å². The van der Waals surface area contributed by atoms with Gasteiger partial charge in [0.2, 0.25) is 0 Å². The van der Waals surface area contributed by atoms with E-state index in [9.17, 15) is 39.5 Å². The largest absolute Gasteiger partial charge is 0.439 e. The van der Waals surface area contributed by atoms with Crippen LogP contribution in [0.15, 0.2) is 24.3 Å². The summed E-state index contributed by atoms with van der Waals surface area (Å²) >= 11 is 11.1. The molecule has 0 spiro atoms. The molecule has 2 rings (SSSR count). The minimum Gasteiger partial charge on any atom is -0.427 e. The van der Waals surface area contributed by atoms with Gasteiger partial charge in [-0.1, -0.05) is 29.3 Å². The van der Waals surface area contributed by atoms with E-state index in [0.717, 1.165) is 18.2 Å². The number of anilines is 1. The van der Waals surface area contributed by atoms with E-state index in [4.69, 9.17) is 23.2 Å². The van der Waals surface area contributed by atoms with Gasteiger partial charge in [-0.25, -0.2) is 17.6 Å². The van der Waals surface area contributed by atoms with Crippen molar-refractivity contribution in [3.05, 3.63) is 57.3 Å². The summed E-state index contributed by atoms with van der Waals surface area (Å²) in [4.78, 5) is 0. The first-order chi connectivity index (χ1) is 14.3. The standard InChI is InChI=1S/C17H11Cl2F9N2O/c18-8-4-11(30-6-29-5-7-9(20)2-1-3-10(7)21)13(22)12(19)14(8)31-17(27,28)15(23)16(24,25)26/h1-4,15,29-30H,5-6H2. The van der Waals surface area contributed by atoms with Crippen LogP contribution in [0.5, 0.6) is 5.75 Å². The van der Waals surface area contributed by atoms with E-state index in [1.807, 2.05) is 0 Å².